The van der Waals surface area contributed by atoms with E-state index in [0.717, 1.165) is 15.9 Å². The molecule has 48 heavy (non-hydrogen) atoms. The Balaban J connectivity index is 1.58. The number of carbonyl (C=O) groups is 2. The fourth-order valence-electron chi connectivity index (χ4n) is 4.79. The van der Waals surface area contributed by atoms with Crippen molar-refractivity contribution in [2.45, 2.75) is 18.2 Å². The Labute approximate surface area is 282 Å². The van der Waals surface area contributed by atoms with E-state index >= 15 is 0 Å². The summed E-state index contributed by atoms with van der Waals surface area (Å²) in [5.41, 5.74) is 0.928. The Kier molecular flexibility index (Phi) is 11.5. The van der Waals surface area contributed by atoms with Gasteiger partial charge in [0.15, 0.2) is 11.5 Å². The highest BCUT2D eigenvalue weighted by Crippen LogP contribution is 2.36. The van der Waals surface area contributed by atoms with Crippen LogP contribution in [0.5, 0.6) is 17.2 Å². The molecular formula is C33H33ClN4O9S. The third-order valence-electron chi connectivity index (χ3n) is 7.26. The number of benzene rings is 4. The third-order valence-corrected chi connectivity index (χ3v) is 9.25. The Hall–Kier alpha value is -5.34. The largest absolute Gasteiger partial charge is 0.495 e. The van der Waals surface area contributed by atoms with Crippen LogP contribution in [-0.4, -0.2) is 59.6 Å². The van der Waals surface area contributed by atoms with Gasteiger partial charge in [-0.15, -0.1) is 0 Å². The maximum absolute atomic E-state index is 14.0. The van der Waals surface area contributed by atoms with Gasteiger partial charge in [0.2, 0.25) is 5.91 Å². The number of nitro benzene ring substituents is 1. The number of hydrogen-bond acceptors (Lipinski definition) is 9. The molecule has 0 atom stereocenters. The van der Waals surface area contributed by atoms with E-state index in [1.807, 2.05) is 12.1 Å². The Bertz CT molecular complexity index is 1950. The molecule has 4 aromatic carbocycles. The van der Waals surface area contributed by atoms with E-state index in [1.54, 1.807) is 18.2 Å². The van der Waals surface area contributed by atoms with Crippen LogP contribution >= 0.6 is 11.6 Å². The van der Waals surface area contributed by atoms with Crippen LogP contribution < -0.4 is 29.1 Å². The summed E-state index contributed by atoms with van der Waals surface area (Å²) in [6.45, 7) is 0.944. The second kappa shape index (κ2) is 15.5. The quantitative estimate of drug-likeness (QED) is 0.130. The topological polar surface area (TPSA) is 166 Å². The zero-order valence-electron chi connectivity index (χ0n) is 26.5. The molecule has 0 fully saturated rings. The van der Waals surface area contributed by atoms with Crippen LogP contribution in [-0.2, 0) is 21.2 Å². The molecule has 252 valence electrons. The highest BCUT2D eigenvalue weighted by Gasteiger charge is 2.32. The van der Waals surface area contributed by atoms with Gasteiger partial charge in [-0.05, 0) is 67.4 Å². The first-order valence-electron chi connectivity index (χ1n) is 14.4. The minimum absolute atomic E-state index is 0.0756. The van der Waals surface area contributed by atoms with Gasteiger partial charge in [0.05, 0.1) is 48.1 Å². The van der Waals surface area contributed by atoms with E-state index in [9.17, 15) is 28.1 Å². The number of aryl methyl sites for hydroxylation is 1. The standard InChI is InChI=1S/C33H33ClN4O9S/c1-21-9-12-24(19-27(21)38(41)42)48(43,44)37(28-18-23(34)11-14-29(28)45-2)20-32(39)36-26-8-6-5-7-25(26)33(40)35-16-15-22-10-13-30(46-3)31(17-22)47-4/h5-14,17-19H,15-16,20H2,1-4H3,(H,35,40)(H,36,39). The second-order valence-electron chi connectivity index (χ2n) is 10.3. The molecule has 0 unspecified atom stereocenters. The van der Waals surface area contributed by atoms with Crippen LogP contribution in [0.15, 0.2) is 83.8 Å². The van der Waals surface area contributed by atoms with Gasteiger partial charge >= 0.3 is 0 Å². The van der Waals surface area contributed by atoms with Crippen molar-refractivity contribution < 1.29 is 37.1 Å². The molecule has 13 nitrogen and oxygen atoms in total. The molecule has 0 spiro atoms. The second-order valence-corrected chi connectivity index (χ2v) is 12.6. The lowest BCUT2D eigenvalue weighted by molar-refractivity contribution is -0.385. The summed E-state index contributed by atoms with van der Waals surface area (Å²) in [7, 11) is -0.221. The molecular weight excluding hydrogens is 664 g/mol. The van der Waals surface area contributed by atoms with Crippen molar-refractivity contribution in [1.82, 2.24) is 5.32 Å². The van der Waals surface area contributed by atoms with E-state index in [0.29, 0.717) is 17.9 Å². The van der Waals surface area contributed by atoms with Gasteiger partial charge in [-0.2, -0.15) is 0 Å². The van der Waals surface area contributed by atoms with Crippen LogP contribution in [0.1, 0.15) is 21.5 Å². The number of anilines is 2. The number of carbonyl (C=O) groups excluding carboxylic acids is 2. The number of ether oxygens (including phenoxy) is 3. The molecule has 2 N–H and O–H groups in total. The molecule has 4 aromatic rings. The van der Waals surface area contributed by atoms with Crippen molar-refractivity contribution >= 4 is 50.5 Å². The first-order chi connectivity index (χ1) is 22.9. The molecule has 15 heteroatoms. The van der Waals surface area contributed by atoms with Crippen molar-refractivity contribution in [3.05, 3.63) is 111 Å². The number of halogens is 1. The van der Waals surface area contributed by atoms with Crippen molar-refractivity contribution in [2.24, 2.45) is 0 Å². The number of hydrogen-bond donors (Lipinski definition) is 2. The molecule has 0 aliphatic carbocycles. The maximum atomic E-state index is 14.0. The van der Waals surface area contributed by atoms with E-state index in [2.05, 4.69) is 10.6 Å². The molecule has 0 heterocycles. The summed E-state index contributed by atoms with van der Waals surface area (Å²) in [5.74, 6) is -0.0736. The van der Waals surface area contributed by atoms with Gasteiger partial charge in [-0.25, -0.2) is 8.42 Å². The lowest BCUT2D eigenvalue weighted by atomic mass is 10.1. The lowest BCUT2D eigenvalue weighted by Gasteiger charge is -2.26. The monoisotopic (exact) mass is 696 g/mol. The molecule has 0 saturated carbocycles. The number of nitrogens with zero attached hydrogens (tertiary/aromatic N) is 2. The number of nitro groups is 1. The fourth-order valence-corrected chi connectivity index (χ4v) is 6.40. The number of sulfonamides is 1. The SMILES string of the molecule is COc1ccc(CCNC(=O)c2ccccc2NC(=O)CN(c2cc(Cl)ccc2OC)S(=O)(=O)c2ccc(C)c([N+](=O)[O-])c2)cc1OC. The van der Waals surface area contributed by atoms with Crippen molar-refractivity contribution in [3.8, 4) is 17.2 Å². The minimum atomic E-state index is -4.60. The molecule has 0 aromatic heterocycles. The molecule has 0 aliphatic rings. The van der Waals surface area contributed by atoms with Gasteiger partial charge in [0, 0.05) is 23.2 Å². The summed E-state index contributed by atoms with van der Waals surface area (Å²) in [5, 5.41) is 17.2. The number of methoxy groups -OCH3 is 3. The van der Waals surface area contributed by atoms with Crippen molar-refractivity contribution in [3.63, 3.8) is 0 Å². The molecule has 0 saturated heterocycles. The van der Waals surface area contributed by atoms with Gasteiger partial charge in [0.25, 0.3) is 21.6 Å². The molecule has 4 rings (SSSR count). The van der Waals surface area contributed by atoms with E-state index in [-0.39, 0.29) is 39.8 Å². The Morgan fingerprint density at radius 2 is 1.58 bits per heavy atom. The summed E-state index contributed by atoms with van der Waals surface area (Å²) < 4.78 is 44.7. The van der Waals surface area contributed by atoms with Crippen LogP contribution in [0.3, 0.4) is 0 Å². The number of nitrogens with one attached hydrogen (secondary N) is 2. The average Bonchev–Trinajstić information content (AvgIpc) is 3.07. The number of para-hydroxylation sites is 1. The predicted octanol–water partition coefficient (Wildman–Crippen LogP) is 5.39. The van der Waals surface area contributed by atoms with E-state index in [1.165, 1.54) is 70.7 Å². The van der Waals surface area contributed by atoms with Crippen LogP contribution in [0, 0.1) is 17.0 Å². The summed E-state index contributed by atoms with van der Waals surface area (Å²) in [6.07, 6.45) is 0.478. The third kappa shape index (κ3) is 8.14. The van der Waals surface area contributed by atoms with E-state index in [4.69, 9.17) is 25.8 Å². The molecule has 0 aliphatic heterocycles. The summed E-state index contributed by atoms with van der Waals surface area (Å²) in [4.78, 5) is 37.2. The van der Waals surface area contributed by atoms with Crippen LogP contribution in [0.2, 0.25) is 5.02 Å². The highest BCUT2D eigenvalue weighted by atomic mass is 35.5. The molecule has 2 amide bonds. The zero-order valence-corrected chi connectivity index (χ0v) is 28.1. The molecule has 0 radical (unpaired) electrons. The van der Waals surface area contributed by atoms with Crippen LogP contribution in [0.4, 0.5) is 17.1 Å². The number of rotatable bonds is 14. The molecule has 0 bridgehead atoms. The van der Waals surface area contributed by atoms with Gasteiger partial charge in [-0.3, -0.25) is 24.0 Å². The minimum Gasteiger partial charge on any atom is -0.495 e. The summed E-state index contributed by atoms with van der Waals surface area (Å²) in [6, 6.07) is 19.3. The number of amides is 2. The fraction of sp³-hybridized carbons (Fsp3) is 0.212. The van der Waals surface area contributed by atoms with Gasteiger partial charge in [-0.1, -0.05) is 35.9 Å². The highest BCUT2D eigenvalue weighted by molar-refractivity contribution is 7.92. The van der Waals surface area contributed by atoms with Crippen LogP contribution in [0.25, 0.3) is 0 Å². The smallest absolute Gasteiger partial charge is 0.273 e. The summed E-state index contributed by atoms with van der Waals surface area (Å²) >= 11 is 6.21. The van der Waals surface area contributed by atoms with Gasteiger partial charge in [0.1, 0.15) is 12.3 Å². The Morgan fingerprint density at radius 3 is 2.27 bits per heavy atom. The maximum Gasteiger partial charge on any atom is 0.273 e. The Morgan fingerprint density at radius 1 is 0.896 bits per heavy atom. The first-order valence-corrected chi connectivity index (χ1v) is 16.2. The van der Waals surface area contributed by atoms with E-state index < -0.39 is 43.9 Å². The van der Waals surface area contributed by atoms with Crippen molar-refractivity contribution in [2.75, 3.05) is 44.0 Å². The van der Waals surface area contributed by atoms with Crippen molar-refractivity contribution in [1.29, 1.82) is 0 Å². The average molecular weight is 697 g/mol. The normalized spacial score (nSPS) is 10.9. The predicted molar refractivity (Wildman–Crippen MR) is 181 cm³/mol. The lowest BCUT2D eigenvalue weighted by Crippen LogP contribution is -2.38. The zero-order chi connectivity index (χ0) is 35.0. The van der Waals surface area contributed by atoms with Gasteiger partial charge < -0.3 is 24.8 Å². The first kappa shape index (κ1) is 35.5.